The molecule has 1 aliphatic rings. The Morgan fingerprint density at radius 1 is 1.59 bits per heavy atom. The molecule has 1 aromatic heterocycles. The van der Waals surface area contributed by atoms with E-state index in [0.717, 1.165) is 38.9 Å². The summed E-state index contributed by atoms with van der Waals surface area (Å²) in [7, 11) is 0. The van der Waals surface area contributed by atoms with E-state index in [1.165, 1.54) is 0 Å². The largest absolute Gasteiger partial charge is 0.316 e. The zero-order valence-corrected chi connectivity index (χ0v) is 10.6. The van der Waals surface area contributed by atoms with Crippen molar-refractivity contribution in [3.05, 3.63) is 11.9 Å². The lowest BCUT2D eigenvalue weighted by Crippen LogP contribution is -2.34. The third kappa shape index (κ3) is 2.11. The first-order chi connectivity index (χ1) is 8.23. The minimum atomic E-state index is -0.243. The van der Waals surface area contributed by atoms with Gasteiger partial charge < -0.3 is 5.32 Å². The van der Waals surface area contributed by atoms with E-state index in [1.807, 2.05) is 0 Å². The average molecular weight is 236 g/mol. The first kappa shape index (κ1) is 12.2. The first-order valence-corrected chi connectivity index (χ1v) is 6.37. The molecule has 0 saturated carbocycles. The second kappa shape index (κ2) is 4.96. The Morgan fingerprint density at radius 3 is 3.00 bits per heavy atom. The third-order valence-corrected chi connectivity index (χ3v) is 3.69. The van der Waals surface area contributed by atoms with E-state index in [0.29, 0.717) is 5.69 Å². The van der Waals surface area contributed by atoms with Crippen LogP contribution in [0.25, 0.3) is 0 Å². The molecule has 5 nitrogen and oxygen atoms in total. The molecule has 1 atom stereocenters. The molecule has 2 heterocycles. The van der Waals surface area contributed by atoms with Crippen molar-refractivity contribution in [2.75, 3.05) is 13.1 Å². The maximum Gasteiger partial charge on any atom is 0.189 e. The summed E-state index contributed by atoms with van der Waals surface area (Å²) >= 11 is 0. The molecule has 0 aromatic carbocycles. The van der Waals surface area contributed by atoms with Crippen molar-refractivity contribution in [3.8, 4) is 0 Å². The van der Waals surface area contributed by atoms with Gasteiger partial charge in [-0.15, -0.1) is 5.10 Å². The summed E-state index contributed by atoms with van der Waals surface area (Å²) in [5.74, 6) is 0.198. The second-order valence-corrected chi connectivity index (χ2v) is 4.73. The lowest BCUT2D eigenvalue weighted by atomic mass is 9.79. The number of carbonyl (C=O) groups excluding carboxylic acids is 1. The van der Waals surface area contributed by atoms with Gasteiger partial charge in [0.2, 0.25) is 0 Å². The maximum atomic E-state index is 12.6. The number of hydrogen-bond acceptors (Lipinski definition) is 4. The van der Waals surface area contributed by atoms with Crippen LogP contribution in [-0.2, 0) is 6.54 Å². The fourth-order valence-electron chi connectivity index (χ4n) is 2.48. The molecule has 1 aromatic rings. The highest BCUT2D eigenvalue weighted by Crippen LogP contribution is 2.33. The Kier molecular flexibility index (Phi) is 3.57. The van der Waals surface area contributed by atoms with Gasteiger partial charge in [0, 0.05) is 18.5 Å². The molecule has 5 heteroatoms. The Balaban J connectivity index is 2.26. The van der Waals surface area contributed by atoms with Crippen LogP contribution in [0.4, 0.5) is 0 Å². The minimum absolute atomic E-state index is 0.198. The lowest BCUT2D eigenvalue weighted by molar-refractivity contribution is 0.0798. The van der Waals surface area contributed by atoms with Crippen LogP contribution < -0.4 is 5.32 Å². The van der Waals surface area contributed by atoms with E-state index in [-0.39, 0.29) is 11.2 Å². The van der Waals surface area contributed by atoms with Gasteiger partial charge in [0.05, 0.1) is 6.20 Å². The lowest BCUT2D eigenvalue weighted by Gasteiger charge is -2.24. The fraction of sp³-hybridized carbons (Fsp3) is 0.750. The predicted molar refractivity (Wildman–Crippen MR) is 64.9 cm³/mol. The summed E-state index contributed by atoms with van der Waals surface area (Å²) in [6.45, 7) is 6.62. The average Bonchev–Trinajstić information content (AvgIpc) is 2.97. The van der Waals surface area contributed by atoms with Crippen LogP contribution in [-0.4, -0.2) is 33.9 Å². The molecule has 1 N–H and O–H groups in total. The normalized spacial score (nSPS) is 24.1. The van der Waals surface area contributed by atoms with E-state index in [2.05, 4.69) is 29.5 Å². The summed E-state index contributed by atoms with van der Waals surface area (Å²) < 4.78 is 1.73. The molecule has 1 unspecified atom stereocenters. The van der Waals surface area contributed by atoms with Crippen molar-refractivity contribution in [2.24, 2.45) is 5.41 Å². The van der Waals surface area contributed by atoms with Crippen molar-refractivity contribution in [3.63, 3.8) is 0 Å². The summed E-state index contributed by atoms with van der Waals surface area (Å²) in [5.41, 5.74) is 0.421. The molecule has 1 fully saturated rings. The number of hydrogen-bond donors (Lipinski definition) is 1. The van der Waals surface area contributed by atoms with Gasteiger partial charge in [0.25, 0.3) is 0 Å². The SMILES string of the molecule is CCCn1nncc1C(=O)C1(CC)CCNC1. The molecular formula is C12H20N4O. The first-order valence-electron chi connectivity index (χ1n) is 6.37. The Bertz CT molecular complexity index is 393. The van der Waals surface area contributed by atoms with Gasteiger partial charge in [-0.3, -0.25) is 4.79 Å². The molecule has 0 bridgehead atoms. The van der Waals surface area contributed by atoms with Crippen molar-refractivity contribution < 1.29 is 4.79 Å². The van der Waals surface area contributed by atoms with Crippen LogP contribution >= 0.6 is 0 Å². The van der Waals surface area contributed by atoms with Crippen LogP contribution in [0, 0.1) is 5.41 Å². The highest BCUT2D eigenvalue weighted by Gasteiger charge is 2.41. The monoisotopic (exact) mass is 236 g/mol. The number of ketones is 1. The Labute approximate surface area is 102 Å². The minimum Gasteiger partial charge on any atom is -0.316 e. The highest BCUT2D eigenvalue weighted by atomic mass is 16.1. The van der Waals surface area contributed by atoms with Crippen LogP contribution in [0.5, 0.6) is 0 Å². The van der Waals surface area contributed by atoms with Gasteiger partial charge in [-0.25, -0.2) is 4.68 Å². The zero-order chi connectivity index (χ0) is 12.3. The molecule has 0 amide bonds. The van der Waals surface area contributed by atoms with Crippen molar-refractivity contribution >= 4 is 5.78 Å². The highest BCUT2D eigenvalue weighted by molar-refractivity contribution is 5.99. The standard InChI is InChI=1S/C12H20N4O/c1-3-7-16-10(8-14-15-16)11(17)12(4-2)5-6-13-9-12/h8,13H,3-7,9H2,1-2H3. The second-order valence-electron chi connectivity index (χ2n) is 4.73. The summed E-state index contributed by atoms with van der Waals surface area (Å²) in [5, 5.41) is 11.1. The van der Waals surface area contributed by atoms with Crippen LogP contribution in [0.3, 0.4) is 0 Å². The zero-order valence-electron chi connectivity index (χ0n) is 10.6. The molecule has 17 heavy (non-hydrogen) atoms. The molecule has 94 valence electrons. The van der Waals surface area contributed by atoms with Crippen molar-refractivity contribution in [1.29, 1.82) is 0 Å². The summed E-state index contributed by atoms with van der Waals surface area (Å²) in [6, 6.07) is 0. The quantitative estimate of drug-likeness (QED) is 0.782. The Morgan fingerprint density at radius 2 is 2.41 bits per heavy atom. The predicted octanol–water partition coefficient (Wildman–Crippen LogP) is 1.26. The number of rotatable bonds is 5. The molecule has 0 radical (unpaired) electrons. The summed E-state index contributed by atoms with van der Waals surface area (Å²) in [4.78, 5) is 12.6. The number of nitrogens with one attached hydrogen (secondary N) is 1. The van der Waals surface area contributed by atoms with Gasteiger partial charge in [0.1, 0.15) is 5.69 Å². The molecule has 0 aliphatic carbocycles. The molecular weight excluding hydrogens is 216 g/mol. The van der Waals surface area contributed by atoms with Gasteiger partial charge in [-0.1, -0.05) is 19.1 Å². The number of aryl methyl sites for hydroxylation is 1. The molecule has 2 rings (SSSR count). The van der Waals surface area contributed by atoms with E-state index in [1.54, 1.807) is 10.9 Å². The number of nitrogens with zero attached hydrogens (tertiary/aromatic N) is 3. The maximum absolute atomic E-state index is 12.6. The van der Waals surface area contributed by atoms with Crippen LogP contribution in [0.15, 0.2) is 6.20 Å². The van der Waals surface area contributed by atoms with Crippen LogP contribution in [0.2, 0.25) is 0 Å². The van der Waals surface area contributed by atoms with E-state index >= 15 is 0 Å². The number of carbonyl (C=O) groups is 1. The molecule has 0 spiro atoms. The molecule has 1 saturated heterocycles. The van der Waals surface area contributed by atoms with Crippen LogP contribution in [0.1, 0.15) is 43.6 Å². The fourth-order valence-corrected chi connectivity index (χ4v) is 2.48. The van der Waals surface area contributed by atoms with E-state index in [4.69, 9.17) is 0 Å². The van der Waals surface area contributed by atoms with Gasteiger partial charge >= 0.3 is 0 Å². The number of aromatic nitrogens is 3. The van der Waals surface area contributed by atoms with E-state index in [9.17, 15) is 4.79 Å². The smallest absolute Gasteiger partial charge is 0.189 e. The van der Waals surface area contributed by atoms with Gasteiger partial charge in [-0.2, -0.15) is 0 Å². The topological polar surface area (TPSA) is 59.8 Å². The van der Waals surface area contributed by atoms with E-state index < -0.39 is 0 Å². The Hall–Kier alpha value is -1.23. The third-order valence-electron chi connectivity index (χ3n) is 3.69. The van der Waals surface area contributed by atoms with Gasteiger partial charge in [0.15, 0.2) is 5.78 Å². The van der Waals surface area contributed by atoms with Crippen molar-refractivity contribution in [2.45, 2.75) is 39.7 Å². The van der Waals surface area contributed by atoms with Crippen molar-refractivity contribution in [1.82, 2.24) is 20.3 Å². The summed E-state index contributed by atoms with van der Waals surface area (Å²) in [6.07, 6.45) is 4.35. The molecule has 1 aliphatic heterocycles. The van der Waals surface area contributed by atoms with Gasteiger partial charge in [-0.05, 0) is 25.8 Å². The number of Topliss-reactive ketones (excluding diaryl/α,β-unsaturated/α-hetero) is 1.